The van der Waals surface area contributed by atoms with Gasteiger partial charge in [0.05, 0.1) is 6.07 Å². The van der Waals surface area contributed by atoms with E-state index in [0.717, 1.165) is 0 Å². The molecule has 0 fully saturated rings. The van der Waals surface area contributed by atoms with Crippen molar-refractivity contribution < 1.29 is 9.59 Å². The van der Waals surface area contributed by atoms with Crippen molar-refractivity contribution in [3.8, 4) is 6.07 Å². The highest BCUT2D eigenvalue weighted by Crippen LogP contribution is 2.14. The van der Waals surface area contributed by atoms with Crippen molar-refractivity contribution in [3.63, 3.8) is 0 Å². The third-order valence-corrected chi connectivity index (χ3v) is 2.63. The summed E-state index contributed by atoms with van der Waals surface area (Å²) < 4.78 is 0. The molecule has 0 aliphatic rings. The third kappa shape index (κ3) is 5.11. The van der Waals surface area contributed by atoms with E-state index in [1.807, 2.05) is 26.0 Å². The Labute approximate surface area is 119 Å². The van der Waals surface area contributed by atoms with Crippen LogP contribution in [0.15, 0.2) is 30.3 Å². The Morgan fingerprint density at radius 1 is 1.25 bits per heavy atom. The average molecular weight is 273 g/mol. The number of rotatable bonds is 6. The molecule has 0 saturated heterocycles. The summed E-state index contributed by atoms with van der Waals surface area (Å²) in [7, 11) is 0. The molecule has 1 aromatic carbocycles. The summed E-state index contributed by atoms with van der Waals surface area (Å²) in [5, 5.41) is 14.4. The van der Waals surface area contributed by atoms with Gasteiger partial charge in [-0.25, -0.2) is 0 Å². The SMILES string of the molecule is CC(C)NC(=O)CCNC(=O)C(C#N)c1ccccc1. The Hall–Kier alpha value is -2.35. The fraction of sp³-hybridized carbons (Fsp3) is 0.400. The fourth-order valence-electron chi connectivity index (χ4n) is 1.73. The lowest BCUT2D eigenvalue weighted by molar-refractivity contribution is -0.122. The summed E-state index contributed by atoms with van der Waals surface area (Å²) >= 11 is 0. The van der Waals surface area contributed by atoms with Crippen LogP contribution in [0, 0.1) is 11.3 Å². The summed E-state index contributed by atoms with van der Waals surface area (Å²) in [5.74, 6) is -1.34. The minimum Gasteiger partial charge on any atom is -0.354 e. The van der Waals surface area contributed by atoms with Crippen molar-refractivity contribution in [1.29, 1.82) is 5.26 Å². The van der Waals surface area contributed by atoms with Crippen molar-refractivity contribution in [2.45, 2.75) is 32.2 Å². The molecule has 0 aliphatic heterocycles. The first kappa shape index (κ1) is 15.7. The van der Waals surface area contributed by atoms with Gasteiger partial charge in [0, 0.05) is 19.0 Å². The van der Waals surface area contributed by atoms with E-state index in [0.29, 0.717) is 5.56 Å². The van der Waals surface area contributed by atoms with Gasteiger partial charge in [-0.1, -0.05) is 30.3 Å². The molecule has 20 heavy (non-hydrogen) atoms. The number of nitrogens with zero attached hydrogens (tertiary/aromatic N) is 1. The monoisotopic (exact) mass is 273 g/mol. The van der Waals surface area contributed by atoms with E-state index in [9.17, 15) is 9.59 Å². The molecular weight excluding hydrogens is 254 g/mol. The zero-order valence-corrected chi connectivity index (χ0v) is 11.7. The summed E-state index contributed by atoms with van der Waals surface area (Å²) in [5.41, 5.74) is 0.652. The van der Waals surface area contributed by atoms with Gasteiger partial charge in [-0.2, -0.15) is 5.26 Å². The van der Waals surface area contributed by atoms with Crippen molar-refractivity contribution in [1.82, 2.24) is 10.6 Å². The summed E-state index contributed by atoms with van der Waals surface area (Å²) in [6.45, 7) is 3.97. The molecule has 1 unspecified atom stereocenters. The molecule has 0 aromatic heterocycles. The molecule has 2 N–H and O–H groups in total. The number of carbonyl (C=O) groups excluding carboxylic acids is 2. The van der Waals surface area contributed by atoms with Crippen LogP contribution in [0.4, 0.5) is 0 Å². The van der Waals surface area contributed by atoms with Crippen LogP contribution in [0.2, 0.25) is 0 Å². The third-order valence-electron chi connectivity index (χ3n) is 2.63. The van der Waals surface area contributed by atoms with Crippen LogP contribution in [-0.4, -0.2) is 24.4 Å². The van der Waals surface area contributed by atoms with Gasteiger partial charge in [-0.3, -0.25) is 9.59 Å². The van der Waals surface area contributed by atoms with E-state index in [4.69, 9.17) is 5.26 Å². The number of hydrogen-bond acceptors (Lipinski definition) is 3. The molecule has 1 atom stereocenters. The van der Waals surface area contributed by atoms with Crippen LogP contribution >= 0.6 is 0 Å². The number of carbonyl (C=O) groups is 2. The van der Waals surface area contributed by atoms with Crippen molar-refractivity contribution in [2.75, 3.05) is 6.54 Å². The van der Waals surface area contributed by atoms with E-state index >= 15 is 0 Å². The van der Waals surface area contributed by atoms with Crippen LogP contribution < -0.4 is 10.6 Å². The Morgan fingerprint density at radius 3 is 2.45 bits per heavy atom. The van der Waals surface area contributed by atoms with Crippen LogP contribution in [0.25, 0.3) is 0 Å². The second kappa shape index (κ2) is 7.95. The maximum atomic E-state index is 11.9. The van der Waals surface area contributed by atoms with E-state index in [-0.39, 0.29) is 30.8 Å². The van der Waals surface area contributed by atoms with Crippen LogP contribution in [0.3, 0.4) is 0 Å². The van der Waals surface area contributed by atoms with Gasteiger partial charge >= 0.3 is 0 Å². The lowest BCUT2D eigenvalue weighted by atomic mass is 10.00. The number of amides is 2. The van der Waals surface area contributed by atoms with E-state index in [1.165, 1.54) is 0 Å². The average Bonchev–Trinajstić information content (AvgIpc) is 2.40. The number of benzene rings is 1. The molecule has 0 bridgehead atoms. The molecule has 0 heterocycles. The molecule has 0 saturated carbocycles. The standard InChI is InChI=1S/C15H19N3O2/c1-11(2)18-14(19)8-9-17-15(20)13(10-16)12-6-4-3-5-7-12/h3-7,11,13H,8-9H2,1-2H3,(H,17,20)(H,18,19). The zero-order chi connectivity index (χ0) is 15.0. The molecule has 0 spiro atoms. The summed E-state index contributed by atoms with van der Waals surface area (Å²) in [4.78, 5) is 23.3. The predicted molar refractivity (Wildman–Crippen MR) is 75.7 cm³/mol. The van der Waals surface area contributed by atoms with Crippen molar-refractivity contribution in [2.24, 2.45) is 0 Å². The van der Waals surface area contributed by atoms with Gasteiger partial charge in [0.15, 0.2) is 0 Å². The molecule has 5 nitrogen and oxygen atoms in total. The molecule has 1 aromatic rings. The number of nitriles is 1. The molecule has 106 valence electrons. The molecule has 5 heteroatoms. The van der Waals surface area contributed by atoms with E-state index in [2.05, 4.69) is 10.6 Å². The number of nitrogens with one attached hydrogen (secondary N) is 2. The quantitative estimate of drug-likeness (QED) is 0.820. The predicted octanol–water partition coefficient (Wildman–Crippen LogP) is 1.32. The Bertz CT molecular complexity index is 492. The van der Waals surface area contributed by atoms with Gasteiger partial charge in [0.25, 0.3) is 0 Å². The highest BCUT2D eigenvalue weighted by molar-refractivity contribution is 5.86. The van der Waals surface area contributed by atoms with E-state index in [1.54, 1.807) is 24.3 Å². The maximum Gasteiger partial charge on any atom is 0.241 e. The lowest BCUT2D eigenvalue weighted by Gasteiger charge is -2.11. The zero-order valence-electron chi connectivity index (χ0n) is 11.7. The van der Waals surface area contributed by atoms with Crippen molar-refractivity contribution in [3.05, 3.63) is 35.9 Å². The van der Waals surface area contributed by atoms with E-state index < -0.39 is 5.92 Å². The van der Waals surface area contributed by atoms with Gasteiger partial charge in [-0.15, -0.1) is 0 Å². The minimum atomic E-state index is -0.843. The largest absolute Gasteiger partial charge is 0.354 e. The number of hydrogen-bond donors (Lipinski definition) is 2. The normalized spacial score (nSPS) is 11.5. The molecule has 1 rings (SSSR count). The van der Waals surface area contributed by atoms with Crippen LogP contribution in [0.1, 0.15) is 31.7 Å². The lowest BCUT2D eigenvalue weighted by Crippen LogP contribution is -2.35. The highest BCUT2D eigenvalue weighted by Gasteiger charge is 2.19. The smallest absolute Gasteiger partial charge is 0.241 e. The Kier molecular flexibility index (Phi) is 6.24. The molecular formula is C15H19N3O2. The second-order valence-corrected chi connectivity index (χ2v) is 4.74. The summed E-state index contributed by atoms with van der Waals surface area (Å²) in [6.07, 6.45) is 0.205. The van der Waals surface area contributed by atoms with Gasteiger partial charge in [0.2, 0.25) is 11.8 Å². The second-order valence-electron chi connectivity index (χ2n) is 4.74. The van der Waals surface area contributed by atoms with Gasteiger partial charge in [0.1, 0.15) is 5.92 Å². The topological polar surface area (TPSA) is 82.0 Å². The Morgan fingerprint density at radius 2 is 1.90 bits per heavy atom. The first-order chi connectivity index (χ1) is 9.54. The molecule has 2 amide bonds. The first-order valence-electron chi connectivity index (χ1n) is 6.56. The van der Waals surface area contributed by atoms with Crippen LogP contribution in [0.5, 0.6) is 0 Å². The van der Waals surface area contributed by atoms with Gasteiger partial charge < -0.3 is 10.6 Å². The highest BCUT2D eigenvalue weighted by atomic mass is 16.2. The van der Waals surface area contributed by atoms with Crippen molar-refractivity contribution >= 4 is 11.8 Å². The maximum absolute atomic E-state index is 11.9. The summed E-state index contributed by atoms with van der Waals surface area (Å²) in [6, 6.07) is 10.9. The van der Waals surface area contributed by atoms with Crippen LogP contribution in [-0.2, 0) is 9.59 Å². The molecule has 0 aliphatic carbocycles. The minimum absolute atomic E-state index is 0.0781. The Balaban J connectivity index is 2.46. The first-order valence-corrected chi connectivity index (χ1v) is 6.56. The fourth-order valence-corrected chi connectivity index (χ4v) is 1.73. The molecule has 0 radical (unpaired) electrons. The van der Waals surface area contributed by atoms with Gasteiger partial charge in [-0.05, 0) is 19.4 Å².